The second-order valence-electron chi connectivity index (χ2n) is 15.9. The van der Waals surface area contributed by atoms with Crippen LogP contribution >= 0.6 is 34.7 Å². The van der Waals surface area contributed by atoms with Gasteiger partial charge in [0.25, 0.3) is 5.91 Å². The summed E-state index contributed by atoms with van der Waals surface area (Å²) < 4.78 is 10.7. The number of amides is 2. The lowest BCUT2D eigenvalue weighted by Gasteiger charge is -2.56. The topological polar surface area (TPSA) is 169 Å². The number of oxime groups is 1. The number of aromatic nitrogens is 1. The third kappa shape index (κ3) is 9.15. The summed E-state index contributed by atoms with van der Waals surface area (Å²) >= 11 is 8.92. The average Bonchev–Trinajstić information content (AvgIpc) is 3.74. The van der Waals surface area contributed by atoms with Crippen LogP contribution in [0.4, 0.5) is 5.13 Å². The van der Waals surface area contributed by atoms with E-state index in [1.54, 1.807) is 45.4 Å². The zero-order chi connectivity index (χ0) is 44.1. The maximum atomic E-state index is 14.4. The molecular weight excluding hydrogens is 850 g/mol. The number of carbonyl (C=O) groups excluding carboxylic acids is 3. The molecule has 2 saturated heterocycles. The number of hydrogen-bond acceptors (Lipinski definition) is 12. The lowest BCUT2D eigenvalue weighted by molar-refractivity contribution is -0.160. The van der Waals surface area contributed by atoms with E-state index in [4.69, 9.17) is 30.9 Å². The number of fused-ring (bicyclic) bond motifs is 1. The van der Waals surface area contributed by atoms with Crippen molar-refractivity contribution >= 4 is 69.3 Å². The first-order valence-corrected chi connectivity index (χ1v) is 22.2. The first kappa shape index (κ1) is 44.2. The number of anilines is 1. The third-order valence-electron chi connectivity index (χ3n) is 10.7. The molecule has 4 aromatic carbocycles. The summed E-state index contributed by atoms with van der Waals surface area (Å²) in [6.45, 7) is 4.42. The number of benzene rings is 4. The van der Waals surface area contributed by atoms with Crippen molar-refractivity contribution in [3.05, 3.63) is 149 Å². The highest BCUT2D eigenvalue weighted by Gasteiger charge is 2.61. The van der Waals surface area contributed by atoms with Crippen LogP contribution in [-0.4, -0.2) is 92.9 Å². The van der Waals surface area contributed by atoms with Gasteiger partial charge in [-0.25, -0.2) is 9.78 Å². The number of carbonyl (C=O) groups is 4. The molecule has 2 aliphatic heterocycles. The highest BCUT2D eigenvalue weighted by molar-refractivity contribution is 8.00. The van der Waals surface area contributed by atoms with Crippen LogP contribution in [0.2, 0.25) is 0 Å². The van der Waals surface area contributed by atoms with Crippen LogP contribution in [0, 0.1) is 5.41 Å². The standard InChI is InChI=1S/C46H46ClN5O8S2/c1-44(2,3)60-36(53)25-59-51-37(34-26-61-43(48-34)50-46(30-14-8-5-9-15-30,31-16-10-6-11-17-31)32-18-12-7-13-19-32)39(54)49-38-40(55)52-28-45(27-47,42(56)57)35(62-41(38)52)24-29-20-22-33(58-4)23-21-29/h5-23,26,35,38,41H,24-25,27-28H2,1-4H3,(H,48,50)(H,49,54)(H,56,57)/t35?,38?,41-,45?/m1/s1. The first-order chi connectivity index (χ1) is 29.8. The van der Waals surface area contributed by atoms with Crippen molar-refractivity contribution in [2.45, 2.75) is 55.0 Å². The number of methoxy groups -OCH3 is 1. The number of β-lactam (4-membered cyclic amide) rings is 1. The zero-order valence-electron chi connectivity index (χ0n) is 34.4. The van der Waals surface area contributed by atoms with Gasteiger partial charge >= 0.3 is 11.9 Å². The number of nitrogens with zero attached hydrogens (tertiary/aromatic N) is 3. The van der Waals surface area contributed by atoms with E-state index >= 15 is 0 Å². The van der Waals surface area contributed by atoms with E-state index in [9.17, 15) is 24.3 Å². The SMILES string of the molecule is COc1ccc(CC2S[C@@H]3C(NC(=O)C(=NOCC(=O)OC(C)(C)C)c4csc(NC(c5ccccc5)(c5ccccc5)c5ccccc5)n4)C(=O)N3CC2(CCl)C(=O)O)cc1. The Morgan fingerprint density at radius 1 is 0.919 bits per heavy atom. The largest absolute Gasteiger partial charge is 0.497 e. The molecule has 16 heteroatoms. The van der Waals surface area contributed by atoms with E-state index in [1.807, 2.05) is 103 Å². The summed E-state index contributed by atoms with van der Waals surface area (Å²) in [7, 11) is 1.56. The van der Waals surface area contributed by atoms with Crippen LogP contribution < -0.4 is 15.4 Å². The van der Waals surface area contributed by atoms with Gasteiger partial charge in [0.15, 0.2) is 10.8 Å². The number of ether oxygens (including phenoxy) is 2. The van der Waals surface area contributed by atoms with Crippen LogP contribution in [0.5, 0.6) is 5.75 Å². The summed E-state index contributed by atoms with van der Waals surface area (Å²) in [6, 6.07) is 36.1. The number of alkyl halides is 1. The fourth-order valence-electron chi connectivity index (χ4n) is 7.61. The van der Waals surface area contributed by atoms with Crippen molar-refractivity contribution in [1.82, 2.24) is 15.2 Å². The Labute approximate surface area is 372 Å². The molecule has 3 unspecified atom stereocenters. The predicted molar refractivity (Wildman–Crippen MR) is 240 cm³/mol. The Morgan fingerprint density at radius 2 is 1.50 bits per heavy atom. The summed E-state index contributed by atoms with van der Waals surface area (Å²) in [4.78, 5) is 65.3. The van der Waals surface area contributed by atoms with E-state index < -0.39 is 63.6 Å². The summed E-state index contributed by atoms with van der Waals surface area (Å²) in [5.74, 6) is -2.64. The van der Waals surface area contributed by atoms with E-state index in [0.717, 1.165) is 22.3 Å². The zero-order valence-corrected chi connectivity index (χ0v) is 36.8. The molecule has 3 N–H and O–H groups in total. The normalized spacial score (nSPS) is 20.0. The molecule has 1 aromatic heterocycles. The number of halogens is 1. The number of nitrogens with one attached hydrogen (secondary N) is 2. The Bertz CT molecular complexity index is 2320. The van der Waals surface area contributed by atoms with Gasteiger partial charge < -0.3 is 35.0 Å². The van der Waals surface area contributed by atoms with Crippen molar-refractivity contribution in [3.8, 4) is 5.75 Å². The van der Waals surface area contributed by atoms with Crippen molar-refractivity contribution < 1.29 is 38.6 Å². The van der Waals surface area contributed by atoms with Gasteiger partial charge in [-0.1, -0.05) is 108 Å². The fourth-order valence-corrected chi connectivity index (χ4v) is 10.6. The maximum Gasteiger partial charge on any atom is 0.347 e. The monoisotopic (exact) mass is 895 g/mol. The smallest absolute Gasteiger partial charge is 0.347 e. The van der Waals surface area contributed by atoms with Gasteiger partial charge in [-0.3, -0.25) is 14.4 Å². The molecule has 3 heterocycles. The average molecular weight is 896 g/mol. The van der Waals surface area contributed by atoms with Gasteiger partial charge in [-0.2, -0.15) is 0 Å². The number of thiazole rings is 1. The van der Waals surface area contributed by atoms with Gasteiger partial charge in [0.1, 0.15) is 39.4 Å². The van der Waals surface area contributed by atoms with Crippen LogP contribution in [0.25, 0.3) is 0 Å². The fraction of sp³-hybridized carbons (Fsp3) is 0.304. The van der Waals surface area contributed by atoms with Crippen LogP contribution in [0.3, 0.4) is 0 Å². The number of esters is 1. The molecule has 5 aromatic rings. The molecule has 62 heavy (non-hydrogen) atoms. The highest BCUT2D eigenvalue weighted by atomic mass is 35.5. The molecule has 13 nitrogen and oxygen atoms in total. The minimum absolute atomic E-state index is 0.117. The number of aliphatic carboxylic acids is 1. The molecule has 2 aliphatic rings. The second-order valence-corrected chi connectivity index (χ2v) is 18.3. The molecule has 0 spiro atoms. The van der Waals surface area contributed by atoms with E-state index in [2.05, 4.69) is 15.8 Å². The minimum atomic E-state index is -1.45. The third-order valence-corrected chi connectivity index (χ3v) is 13.7. The quantitative estimate of drug-likeness (QED) is 0.0234. The molecule has 0 aliphatic carbocycles. The Balaban J connectivity index is 1.19. The molecule has 2 fully saturated rings. The van der Waals surface area contributed by atoms with Crippen LogP contribution in [-0.2, 0) is 40.7 Å². The molecule has 0 saturated carbocycles. The summed E-state index contributed by atoms with van der Waals surface area (Å²) in [6.07, 6.45) is 0.336. The first-order valence-electron chi connectivity index (χ1n) is 19.8. The van der Waals surface area contributed by atoms with Gasteiger partial charge in [0.05, 0.1) is 7.11 Å². The summed E-state index contributed by atoms with van der Waals surface area (Å²) in [5.41, 5.74) is 0.332. The number of carboxylic acid groups (broad SMARTS) is 1. The van der Waals surface area contributed by atoms with Gasteiger partial charge in [0.2, 0.25) is 12.5 Å². The molecular formula is C46H46ClN5O8S2. The van der Waals surface area contributed by atoms with Crippen molar-refractivity contribution in [2.75, 3.05) is 31.5 Å². The van der Waals surface area contributed by atoms with E-state index in [0.29, 0.717) is 17.3 Å². The number of rotatable bonds is 16. The van der Waals surface area contributed by atoms with Gasteiger partial charge in [-0.05, 0) is 61.6 Å². The lowest BCUT2D eigenvalue weighted by atomic mass is 9.77. The van der Waals surface area contributed by atoms with Gasteiger partial charge in [0, 0.05) is 23.1 Å². The molecule has 2 amide bonds. The van der Waals surface area contributed by atoms with Gasteiger partial charge in [-0.15, -0.1) is 34.7 Å². The Kier molecular flexibility index (Phi) is 13.3. The number of thioether (sulfide) groups is 1. The number of hydrogen-bond donors (Lipinski definition) is 3. The van der Waals surface area contributed by atoms with Crippen LogP contribution in [0.1, 0.15) is 48.7 Å². The molecule has 4 atom stereocenters. The Morgan fingerprint density at radius 3 is 2.02 bits per heavy atom. The molecule has 322 valence electrons. The second kappa shape index (κ2) is 18.6. The van der Waals surface area contributed by atoms with Crippen molar-refractivity contribution in [3.63, 3.8) is 0 Å². The van der Waals surface area contributed by atoms with E-state index in [-0.39, 0.29) is 23.8 Å². The maximum absolute atomic E-state index is 14.4. The lowest BCUT2D eigenvalue weighted by Crippen LogP contribution is -2.75. The minimum Gasteiger partial charge on any atom is -0.497 e. The number of carboxylic acids is 1. The van der Waals surface area contributed by atoms with Crippen molar-refractivity contribution in [1.29, 1.82) is 0 Å². The summed E-state index contributed by atoms with van der Waals surface area (Å²) in [5, 5.41) is 22.0. The van der Waals surface area contributed by atoms with Crippen LogP contribution in [0.15, 0.2) is 126 Å². The molecule has 0 bridgehead atoms. The molecule has 0 radical (unpaired) electrons. The predicted octanol–water partition coefficient (Wildman–Crippen LogP) is 6.94. The van der Waals surface area contributed by atoms with Crippen molar-refractivity contribution in [2.24, 2.45) is 10.6 Å². The Hall–Kier alpha value is -5.90. The van der Waals surface area contributed by atoms with E-state index in [1.165, 1.54) is 28.0 Å². The molecule has 7 rings (SSSR count). The highest BCUT2D eigenvalue weighted by Crippen LogP contribution is 2.49.